The Hall–Kier alpha value is -1.64. The van der Waals surface area contributed by atoms with E-state index >= 15 is 4.39 Å². The second-order valence-electron chi connectivity index (χ2n) is 8.81. The first-order valence-electron chi connectivity index (χ1n) is 9.74. The van der Waals surface area contributed by atoms with Gasteiger partial charge in [-0.1, -0.05) is 20.8 Å². The third kappa shape index (κ3) is 4.18. The van der Waals surface area contributed by atoms with Crippen molar-refractivity contribution in [3.05, 3.63) is 24.0 Å². The van der Waals surface area contributed by atoms with Crippen molar-refractivity contribution in [1.82, 2.24) is 0 Å². The molecule has 1 aromatic carbocycles. The highest BCUT2D eigenvalue weighted by Crippen LogP contribution is 2.42. The highest BCUT2D eigenvalue weighted by atomic mass is 28.3. The molecule has 2 unspecified atom stereocenters. The lowest BCUT2D eigenvalue weighted by Crippen LogP contribution is -2.42. The molecular weight excluding hydrogens is 379 g/mol. The normalized spacial score (nSPS) is 25.7. The van der Waals surface area contributed by atoms with Crippen LogP contribution in [0, 0.1) is 17.2 Å². The Bertz CT molecular complexity index is 725. The van der Waals surface area contributed by atoms with Crippen molar-refractivity contribution in [1.29, 1.82) is 0 Å². The van der Waals surface area contributed by atoms with Gasteiger partial charge in [0.05, 0.1) is 24.5 Å². The molecule has 0 saturated carbocycles. The molecular formula is C20H30FN2O4Si. The number of anilines is 2. The maximum atomic E-state index is 15.1. The van der Waals surface area contributed by atoms with E-state index in [0.717, 1.165) is 13.0 Å². The maximum absolute atomic E-state index is 15.1. The molecule has 2 saturated heterocycles. The molecule has 1 amide bonds. The Labute approximate surface area is 167 Å². The summed E-state index contributed by atoms with van der Waals surface area (Å²) >= 11 is 0. The lowest BCUT2D eigenvalue weighted by atomic mass is 9.79. The first-order valence-corrected chi connectivity index (χ1v) is 12.1. The largest absolute Gasteiger partial charge is 0.441 e. The van der Waals surface area contributed by atoms with Gasteiger partial charge < -0.3 is 19.2 Å². The Morgan fingerprint density at radius 2 is 2.07 bits per heavy atom. The summed E-state index contributed by atoms with van der Waals surface area (Å²) in [7, 11) is -0.956. The Balaban J connectivity index is 1.86. The van der Waals surface area contributed by atoms with Crippen LogP contribution in [0.25, 0.3) is 0 Å². The number of rotatable bonds is 5. The minimum atomic E-state index is -0.956. The summed E-state index contributed by atoms with van der Waals surface area (Å²) in [5, 5.41) is 9.19. The third-order valence-electron chi connectivity index (χ3n) is 5.43. The molecule has 0 bridgehead atoms. The van der Waals surface area contributed by atoms with Gasteiger partial charge in [-0.2, -0.15) is 0 Å². The van der Waals surface area contributed by atoms with E-state index in [-0.39, 0.29) is 30.6 Å². The van der Waals surface area contributed by atoms with E-state index in [2.05, 4.69) is 33.9 Å². The van der Waals surface area contributed by atoms with E-state index in [1.54, 1.807) is 12.1 Å². The average Bonchev–Trinajstić information content (AvgIpc) is 3.17. The average molecular weight is 410 g/mol. The van der Waals surface area contributed by atoms with Gasteiger partial charge in [0.2, 0.25) is 9.04 Å². The fraction of sp³-hybridized carbons (Fsp3) is 0.650. The van der Waals surface area contributed by atoms with Crippen molar-refractivity contribution in [3.8, 4) is 0 Å². The number of ether oxygens (including phenoxy) is 1. The number of amides is 1. The predicted octanol–water partition coefficient (Wildman–Crippen LogP) is 3.61. The smallest absolute Gasteiger partial charge is 0.414 e. The summed E-state index contributed by atoms with van der Waals surface area (Å²) in [4.78, 5) is 15.3. The van der Waals surface area contributed by atoms with E-state index in [4.69, 9.17) is 9.16 Å². The molecule has 1 radical (unpaired) electrons. The van der Waals surface area contributed by atoms with Crippen LogP contribution in [0.3, 0.4) is 0 Å². The minimum Gasteiger partial charge on any atom is -0.441 e. The van der Waals surface area contributed by atoms with Crippen LogP contribution in [0.15, 0.2) is 18.2 Å². The maximum Gasteiger partial charge on any atom is 0.414 e. The Kier molecular flexibility index (Phi) is 6.02. The Morgan fingerprint density at radius 1 is 1.36 bits per heavy atom. The van der Waals surface area contributed by atoms with Crippen LogP contribution < -0.4 is 9.80 Å². The number of hydrogen-bond acceptors (Lipinski definition) is 5. The van der Waals surface area contributed by atoms with Crippen LogP contribution in [0.1, 0.15) is 27.2 Å². The monoisotopic (exact) mass is 409 g/mol. The number of halogens is 1. The van der Waals surface area contributed by atoms with Crippen LogP contribution in [-0.2, 0) is 9.16 Å². The van der Waals surface area contributed by atoms with Crippen molar-refractivity contribution < 1.29 is 23.5 Å². The van der Waals surface area contributed by atoms with Gasteiger partial charge in [0.15, 0.2) is 0 Å². The number of aliphatic hydroxyl groups is 1. The molecule has 3 atom stereocenters. The number of cyclic esters (lactones) is 1. The summed E-state index contributed by atoms with van der Waals surface area (Å²) in [6.45, 7) is 11.5. The van der Waals surface area contributed by atoms with Crippen molar-refractivity contribution >= 4 is 26.5 Å². The van der Waals surface area contributed by atoms with E-state index < -0.39 is 21.2 Å². The van der Waals surface area contributed by atoms with Crippen molar-refractivity contribution in [2.75, 3.05) is 29.5 Å². The molecule has 0 spiro atoms. The van der Waals surface area contributed by atoms with E-state index in [1.165, 1.54) is 11.0 Å². The summed E-state index contributed by atoms with van der Waals surface area (Å²) in [6.07, 6.45) is -0.347. The summed E-state index contributed by atoms with van der Waals surface area (Å²) in [6, 6.07) is 4.80. The van der Waals surface area contributed by atoms with E-state index in [1.807, 2.05) is 4.90 Å². The number of aliphatic hydroxyl groups excluding tert-OH is 1. The van der Waals surface area contributed by atoms with E-state index in [9.17, 15) is 9.90 Å². The molecule has 0 aliphatic carbocycles. The van der Waals surface area contributed by atoms with Gasteiger partial charge in [-0.05, 0) is 43.1 Å². The fourth-order valence-electron chi connectivity index (χ4n) is 3.99. The quantitative estimate of drug-likeness (QED) is 0.753. The second kappa shape index (κ2) is 8.00. The molecule has 2 aliphatic heterocycles. The molecule has 2 heterocycles. The summed E-state index contributed by atoms with van der Waals surface area (Å²) < 4.78 is 26.4. The number of nitrogens with zero attached hydrogens (tertiary/aromatic N) is 2. The van der Waals surface area contributed by atoms with Gasteiger partial charge in [0, 0.05) is 12.5 Å². The molecule has 2 fully saturated rings. The summed E-state index contributed by atoms with van der Waals surface area (Å²) in [5.74, 6) is -0.0766. The van der Waals surface area contributed by atoms with Gasteiger partial charge in [0.25, 0.3) is 0 Å². The molecule has 2 aliphatic rings. The van der Waals surface area contributed by atoms with Crippen molar-refractivity contribution in [2.45, 2.75) is 52.6 Å². The van der Waals surface area contributed by atoms with Crippen molar-refractivity contribution in [3.63, 3.8) is 0 Å². The molecule has 3 rings (SSSR count). The van der Waals surface area contributed by atoms with Gasteiger partial charge >= 0.3 is 6.09 Å². The van der Waals surface area contributed by atoms with Crippen LogP contribution in [0.4, 0.5) is 20.6 Å². The van der Waals surface area contributed by atoms with Crippen LogP contribution in [-0.4, -0.2) is 52.3 Å². The Morgan fingerprint density at radius 3 is 2.61 bits per heavy atom. The zero-order chi connectivity index (χ0) is 20.6. The van der Waals surface area contributed by atoms with Gasteiger partial charge in [-0.25, -0.2) is 9.18 Å². The third-order valence-corrected chi connectivity index (χ3v) is 6.14. The number of hydrogen-bond donors (Lipinski definition) is 1. The molecule has 28 heavy (non-hydrogen) atoms. The highest BCUT2D eigenvalue weighted by molar-refractivity contribution is 6.48. The van der Waals surface area contributed by atoms with E-state index in [0.29, 0.717) is 17.3 Å². The van der Waals surface area contributed by atoms with Crippen molar-refractivity contribution in [2.24, 2.45) is 11.3 Å². The predicted molar refractivity (Wildman–Crippen MR) is 108 cm³/mol. The van der Waals surface area contributed by atoms with Gasteiger partial charge in [-0.3, -0.25) is 4.90 Å². The molecule has 155 valence electrons. The van der Waals surface area contributed by atoms with Crippen LogP contribution in [0.5, 0.6) is 0 Å². The first-order chi connectivity index (χ1) is 13.1. The minimum absolute atomic E-state index is 0.0613. The number of benzene rings is 1. The SMILES string of the molecule is C[Si](C)OC1[C@@H](C(C)(C)C)CCN1c1ccc(N2CC(CO)OC2=O)cc1F. The second-order valence-corrected chi connectivity index (χ2v) is 10.9. The number of carbonyl (C=O) groups is 1. The summed E-state index contributed by atoms with van der Waals surface area (Å²) in [5.41, 5.74) is 0.989. The van der Waals surface area contributed by atoms with Crippen LogP contribution in [0.2, 0.25) is 13.1 Å². The zero-order valence-electron chi connectivity index (χ0n) is 17.2. The van der Waals surface area contributed by atoms with Gasteiger partial charge in [0.1, 0.15) is 18.1 Å². The standard InChI is InChI=1S/C20H30FN2O4Si/c1-20(2,3)15-8-9-22(18(15)27-28(4)5)17-7-6-13(10-16(17)21)23-11-14(12-24)26-19(23)25/h6-7,10,14-15,18,24H,8-9,11-12H2,1-5H3/t14?,15-,18?/m0/s1. The topological polar surface area (TPSA) is 62.2 Å². The molecule has 1 N–H and O–H groups in total. The zero-order valence-corrected chi connectivity index (χ0v) is 18.2. The molecule has 6 nitrogen and oxygen atoms in total. The molecule has 8 heteroatoms. The lowest BCUT2D eigenvalue weighted by molar-refractivity contribution is 0.0884. The molecule has 1 aromatic rings. The van der Waals surface area contributed by atoms with Crippen LogP contribution >= 0.6 is 0 Å². The number of carbonyl (C=O) groups excluding carboxylic acids is 1. The molecule has 0 aromatic heterocycles. The highest BCUT2D eigenvalue weighted by Gasteiger charge is 2.43. The fourth-order valence-corrected chi connectivity index (χ4v) is 4.77. The lowest BCUT2D eigenvalue weighted by Gasteiger charge is -2.37. The van der Waals surface area contributed by atoms with Gasteiger partial charge in [-0.15, -0.1) is 0 Å². The first kappa shape index (κ1) is 21.1.